The maximum atomic E-state index is 12.4. The zero-order chi connectivity index (χ0) is 21.2. The molecule has 0 spiro atoms. The van der Waals surface area contributed by atoms with Gasteiger partial charge >= 0.3 is 0 Å². The van der Waals surface area contributed by atoms with E-state index in [1.165, 1.54) is 11.8 Å². The van der Waals surface area contributed by atoms with Crippen LogP contribution in [0.15, 0.2) is 89.8 Å². The van der Waals surface area contributed by atoms with Gasteiger partial charge in [-0.2, -0.15) is 0 Å². The molecule has 0 unspecified atom stereocenters. The molecule has 0 atom stereocenters. The van der Waals surface area contributed by atoms with Crippen LogP contribution in [-0.4, -0.2) is 26.7 Å². The number of thioether (sulfide) groups is 1. The van der Waals surface area contributed by atoms with Gasteiger partial charge in [0.25, 0.3) is 0 Å². The molecule has 1 heterocycles. The van der Waals surface area contributed by atoms with Gasteiger partial charge in [-0.05, 0) is 53.9 Å². The minimum absolute atomic E-state index is 0.0826. The van der Waals surface area contributed by atoms with Crippen LogP contribution in [0.2, 0.25) is 5.02 Å². The maximum Gasteiger partial charge on any atom is 0.234 e. The largest absolute Gasteiger partial charge is 0.325 e. The molecule has 0 aliphatic rings. The average Bonchev–Trinajstić information content (AvgIpc) is 3.21. The minimum atomic E-state index is -0.0826. The molecule has 1 N–H and O–H groups in total. The van der Waals surface area contributed by atoms with Gasteiger partial charge in [-0.3, -0.25) is 4.79 Å². The van der Waals surface area contributed by atoms with E-state index in [0.717, 1.165) is 32.4 Å². The molecule has 0 aliphatic heterocycles. The van der Waals surface area contributed by atoms with Crippen molar-refractivity contribution in [1.82, 2.24) is 15.0 Å². The normalized spacial score (nSPS) is 11.1. The molecule has 5 aromatic rings. The zero-order valence-corrected chi connectivity index (χ0v) is 17.9. The maximum absolute atomic E-state index is 12.4. The smallest absolute Gasteiger partial charge is 0.234 e. The Bertz CT molecular complexity index is 1390. The van der Waals surface area contributed by atoms with E-state index >= 15 is 0 Å². The van der Waals surface area contributed by atoms with Crippen LogP contribution in [0.1, 0.15) is 0 Å². The molecular formula is C24H17ClN4OS. The van der Waals surface area contributed by atoms with Gasteiger partial charge < -0.3 is 5.32 Å². The second kappa shape index (κ2) is 8.41. The number of nitrogens with one attached hydrogen (secondary N) is 1. The van der Waals surface area contributed by atoms with Crippen molar-refractivity contribution in [3.05, 3.63) is 90.0 Å². The van der Waals surface area contributed by atoms with Gasteiger partial charge in [0, 0.05) is 21.0 Å². The summed E-state index contributed by atoms with van der Waals surface area (Å²) in [5, 5.41) is 15.1. The standard InChI is InChI=1S/C24H17ClN4OS/c25-17-8-11-19(12-9-17)31-15-24(30)26-18-10-13-21-22(14-18)28-29(27-21)23-7-3-5-16-4-1-2-6-20(16)23/h1-14H,15H2,(H,26,30). The van der Waals surface area contributed by atoms with Crippen LogP contribution >= 0.6 is 23.4 Å². The quantitative estimate of drug-likeness (QED) is 0.340. The summed E-state index contributed by atoms with van der Waals surface area (Å²) in [6, 6.07) is 27.2. The number of carbonyl (C=O) groups excluding carboxylic acids is 1. The number of hydrogen-bond acceptors (Lipinski definition) is 4. The summed E-state index contributed by atoms with van der Waals surface area (Å²) in [6.07, 6.45) is 0. The number of rotatable bonds is 5. The predicted octanol–water partition coefficient (Wildman–Crippen LogP) is 5.96. The lowest BCUT2D eigenvalue weighted by Crippen LogP contribution is -2.13. The third-order valence-corrected chi connectivity index (χ3v) is 6.09. The van der Waals surface area contributed by atoms with Crippen LogP contribution < -0.4 is 5.32 Å². The van der Waals surface area contributed by atoms with Crippen molar-refractivity contribution < 1.29 is 4.79 Å². The van der Waals surface area contributed by atoms with E-state index in [-0.39, 0.29) is 5.91 Å². The molecule has 0 bridgehead atoms. The van der Waals surface area contributed by atoms with E-state index in [9.17, 15) is 4.79 Å². The van der Waals surface area contributed by atoms with Gasteiger partial charge in [-0.1, -0.05) is 48.0 Å². The summed E-state index contributed by atoms with van der Waals surface area (Å²) < 4.78 is 0. The lowest BCUT2D eigenvalue weighted by molar-refractivity contribution is -0.113. The number of aromatic nitrogens is 3. The average molecular weight is 445 g/mol. The molecule has 5 rings (SSSR count). The molecule has 4 aromatic carbocycles. The monoisotopic (exact) mass is 444 g/mol. The van der Waals surface area contributed by atoms with Gasteiger partial charge in [0.05, 0.1) is 11.4 Å². The first kappa shape index (κ1) is 19.6. The van der Waals surface area contributed by atoms with Crippen LogP contribution in [0, 0.1) is 0 Å². The van der Waals surface area contributed by atoms with Crippen LogP contribution in [0.4, 0.5) is 5.69 Å². The molecule has 0 fully saturated rings. The van der Waals surface area contributed by atoms with E-state index in [0.29, 0.717) is 16.5 Å². The van der Waals surface area contributed by atoms with Crippen LogP contribution in [0.5, 0.6) is 0 Å². The molecule has 0 saturated heterocycles. The number of carbonyl (C=O) groups is 1. The Morgan fingerprint density at radius 2 is 1.68 bits per heavy atom. The Labute approximate surface area is 188 Å². The van der Waals surface area contributed by atoms with E-state index in [1.54, 1.807) is 4.80 Å². The van der Waals surface area contributed by atoms with E-state index in [2.05, 4.69) is 33.7 Å². The number of halogens is 1. The second-order valence-corrected chi connectivity index (χ2v) is 8.47. The molecule has 0 aliphatic carbocycles. The molecule has 5 nitrogen and oxygen atoms in total. The van der Waals surface area contributed by atoms with E-state index in [4.69, 9.17) is 11.6 Å². The first-order valence-corrected chi connectivity index (χ1v) is 11.1. The molecule has 31 heavy (non-hydrogen) atoms. The molecule has 0 saturated carbocycles. The fourth-order valence-corrected chi connectivity index (χ4v) is 4.18. The molecule has 152 valence electrons. The third-order valence-electron chi connectivity index (χ3n) is 4.83. The van der Waals surface area contributed by atoms with Crippen molar-refractivity contribution in [2.75, 3.05) is 11.1 Å². The number of anilines is 1. The molecule has 7 heteroatoms. The van der Waals surface area contributed by atoms with Gasteiger partial charge in [0.15, 0.2) is 0 Å². The van der Waals surface area contributed by atoms with E-state index in [1.807, 2.05) is 66.7 Å². The number of nitrogens with zero attached hydrogens (tertiary/aromatic N) is 3. The Morgan fingerprint density at radius 1 is 0.903 bits per heavy atom. The highest BCUT2D eigenvalue weighted by molar-refractivity contribution is 8.00. The van der Waals surface area contributed by atoms with Crippen LogP contribution in [0.25, 0.3) is 27.5 Å². The zero-order valence-electron chi connectivity index (χ0n) is 16.3. The first-order chi connectivity index (χ1) is 15.2. The molecule has 1 aromatic heterocycles. The second-order valence-electron chi connectivity index (χ2n) is 6.98. The van der Waals surface area contributed by atoms with Crippen LogP contribution in [0.3, 0.4) is 0 Å². The summed E-state index contributed by atoms with van der Waals surface area (Å²) in [5.41, 5.74) is 3.09. The number of benzene rings is 4. The van der Waals surface area contributed by atoms with Crippen molar-refractivity contribution in [1.29, 1.82) is 0 Å². The SMILES string of the molecule is O=C(CSc1ccc(Cl)cc1)Nc1ccc2nn(-c3cccc4ccccc34)nc2c1. The Balaban J connectivity index is 1.34. The van der Waals surface area contributed by atoms with Gasteiger partial charge in [-0.15, -0.1) is 26.8 Å². The van der Waals surface area contributed by atoms with Crippen molar-refractivity contribution in [3.8, 4) is 5.69 Å². The predicted molar refractivity (Wildman–Crippen MR) is 127 cm³/mol. The summed E-state index contributed by atoms with van der Waals surface area (Å²) in [5.74, 6) is 0.225. The van der Waals surface area contributed by atoms with E-state index < -0.39 is 0 Å². The topological polar surface area (TPSA) is 59.8 Å². The molecular weight excluding hydrogens is 428 g/mol. The Kier molecular flexibility index (Phi) is 5.32. The Morgan fingerprint density at radius 3 is 2.55 bits per heavy atom. The van der Waals surface area contributed by atoms with Gasteiger partial charge in [0.1, 0.15) is 11.0 Å². The summed E-state index contributed by atoms with van der Waals surface area (Å²) >= 11 is 7.36. The number of hydrogen-bond donors (Lipinski definition) is 1. The summed E-state index contributed by atoms with van der Waals surface area (Å²) in [7, 11) is 0. The van der Waals surface area contributed by atoms with Crippen LogP contribution in [-0.2, 0) is 4.79 Å². The highest BCUT2D eigenvalue weighted by Crippen LogP contribution is 2.24. The first-order valence-electron chi connectivity index (χ1n) is 9.69. The number of amides is 1. The van der Waals surface area contributed by atoms with Gasteiger partial charge in [-0.25, -0.2) is 0 Å². The summed E-state index contributed by atoms with van der Waals surface area (Å²) in [4.78, 5) is 15.0. The lowest BCUT2D eigenvalue weighted by atomic mass is 10.1. The third kappa shape index (κ3) is 4.26. The fraction of sp³-hybridized carbons (Fsp3) is 0.0417. The van der Waals surface area contributed by atoms with Gasteiger partial charge in [0.2, 0.25) is 5.91 Å². The summed E-state index contributed by atoms with van der Waals surface area (Å²) in [6.45, 7) is 0. The molecule has 1 amide bonds. The van der Waals surface area contributed by atoms with Crippen molar-refractivity contribution >= 4 is 56.8 Å². The van der Waals surface area contributed by atoms with Crippen molar-refractivity contribution in [2.24, 2.45) is 0 Å². The molecule has 0 radical (unpaired) electrons. The Hall–Kier alpha value is -3.35. The number of fused-ring (bicyclic) bond motifs is 2. The van der Waals surface area contributed by atoms with Crippen molar-refractivity contribution in [2.45, 2.75) is 4.90 Å². The lowest BCUT2D eigenvalue weighted by Gasteiger charge is -2.05. The van der Waals surface area contributed by atoms with Crippen molar-refractivity contribution in [3.63, 3.8) is 0 Å². The highest BCUT2D eigenvalue weighted by Gasteiger charge is 2.10. The fourth-order valence-electron chi connectivity index (χ4n) is 3.36. The highest BCUT2D eigenvalue weighted by atomic mass is 35.5. The minimum Gasteiger partial charge on any atom is -0.325 e.